The summed E-state index contributed by atoms with van der Waals surface area (Å²) >= 11 is 0. The maximum Gasteiger partial charge on any atom is 0.573 e. The van der Waals surface area contributed by atoms with Gasteiger partial charge in [0.2, 0.25) is 0 Å². The molecule has 2 fully saturated rings. The summed E-state index contributed by atoms with van der Waals surface area (Å²) in [6.45, 7) is 0.198. The molecule has 0 aliphatic heterocycles. The average molecular weight is 588 g/mol. The van der Waals surface area contributed by atoms with Gasteiger partial charge >= 0.3 is 6.36 Å². The number of anilines is 2. The Morgan fingerprint density at radius 1 is 0.854 bits per heavy atom. The molecule has 0 heterocycles. The summed E-state index contributed by atoms with van der Waals surface area (Å²) in [5, 5.41) is 3.41. The fourth-order valence-corrected chi connectivity index (χ4v) is 6.88. The molecule has 0 amide bonds. The van der Waals surface area contributed by atoms with E-state index in [0.29, 0.717) is 34.5 Å². The number of hydrogen-bond donors (Lipinski definition) is 1. The van der Waals surface area contributed by atoms with Gasteiger partial charge in [-0.1, -0.05) is 50.3 Å². The van der Waals surface area contributed by atoms with Crippen LogP contribution in [0.2, 0.25) is 0 Å². The zero-order chi connectivity index (χ0) is 28.9. The molecule has 0 saturated heterocycles. The predicted octanol–water partition coefficient (Wildman–Crippen LogP) is 8.92. The lowest BCUT2D eigenvalue weighted by Gasteiger charge is -2.21. The third-order valence-corrected chi connectivity index (χ3v) is 9.62. The summed E-state index contributed by atoms with van der Waals surface area (Å²) in [6, 6.07) is 18.4. The van der Waals surface area contributed by atoms with Crippen molar-refractivity contribution in [1.29, 1.82) is 0 Å². The lowest BCUT2D eigenvalue weighted by Crippen LogP contribution is -2.17. The number of benzene rings is 3. The molecule has 1 N–H and O–H groups in total. The van der Waals surface area contributed by atoms with Crippen LogP contribution in [0.1, 0.15) is 74.8 Å². The van der Waals surface area contributed by atoms with Crippen molar-refractivity contribution in [3.05, 3.63) is 77.9 Å². The van der Waals surface area contributed by atoms with E-state index in [1.54, 1.807) is 18.2 Å². The first-order valence-corrected chi connectivity index (χ1v) is 16.0. The second kappa shape index (κ2) is 12.8. The Bertz CT molecular complexity index is 1410. The smallest absolute Gasteiger partial charge is 0.489 e. The summed E-state index contributed by atoms with van der Waals surface area (Å²) in [6.07, 6.45) is 5.35. The molecule has 0 radical (unpaired) electrons. The van der Waals surface area contributed by atoms with Crippen LogP contribution in [0.15, 0.2) is 71.6 Å². The van der Waals surface area contributed by atoms with Crippen LogP contribution in [0.3, 0.4) is 0 Å². The molecule has 3 aromatic rings. The summed E-state index contributed by atoms with van der Waals surface area (Å²) < 4.78 is 73.2. The third-order valence-electron chi connectivity index (χ3n) is 7.82. The number of ether oxygens (including phenoxy) is 2. The van der Waals surface area contributed by atoms with Gasteiger partial charge in [0, 0.05) is 11.4 Å². The molecule has 5 nitrogen and oxygen atoms in total. The van der Waals surface area contributed by atoms with Gasteiger partial charge in [0.25, 0.3) is 0 Å². The van der Waals surface area contributed by atoms with E-state index >= 15 is 0 Å². The molecule has 0 bridgehead atoms. The van der Waals surface area contributed by atoms with Crippen molar-refractivity contribution in [3.63, 3.8) is 0 Å². The van der Waals surface area contributed by atoms with Crippen LogP contribution in [0, 0.1) is 5.92 Å². The molecule has 0 aromatic heterocycles. The number of sulfone groups is 1. The molecule has 5 rings (SSSR count). The van der Waals surface area contributed by atoms with E-state index in [4.69, 9.17) is 4.74 Å². The minimum absolute atomic E-state index is 0.171. The minimum Gasteiger partial charge on any atom is -0.489 e. The van der Waals surface area contributed by atoms with Crippen molar-refractivity contribution in [2.75, 3.05) is 11.1 Å². The zero-order valence-corrected chi connectivity index (χ0v) is 23.8. The molecule has 2 aliphatic carbocycles. The fourth-order valence-electron chi connectivity index (χ4n) is 5.51. The van der Waals surface area contributed by atoms with Gasteiger partial charge in [-0.25, -0.2) is 8.42 Å². The Hall–Kier alpha value is -3.20. The first-order valence-electron chi connectivity index (χ1n) is 14.4. The first-order chi connectivity index (χ1) is 19.6. The molecule has 41 heavy (non-hydrogen) atoms. The van der Waals surface area contributed by atoms with Crippen molar-refractivity contribution in [1.82, 2.24) is 0 Å². The SMILES string of the molecule is O=S(=O)(CCCC1CCCCC1)c1cccc(Nc2ccc(OCc3ccc(OC(F)(F)F)cc3)cc2C2CC2)c1. The molecular formula is C32H36F3NO4S. The quantitative estimate of drug-likeness (QED) is 0.229. The molecule has 3 aromatic carbocycles. The highest BCUT2D eigenvalue weighted by Crippen LogP contribution is 2.45. The highest BCUT2D eigenvalue weighted by atomic mass is 32.2. The molecule has 9 heteroatoms. The van der Waals surface area contributed by atoms with Crippen LogP contribution in [0.25, 0.3) is 0 Å². The van der Waals surface area contributed by atoms with Gasteiger partial charge in [0.15, 0.2) is 9.84 Å². The number of hydrogen-bond acceptors (Lipinski definition) is 5. The second-order valence-corrected chi connectivity index (χ2v) is 13.2. The monoisotopic (exact) mass is 587 g/mol. The van der Waals surface area contributed by atoms with Crippen molar-refractivity contribution in [2.24, 2.45) is 5.92 Å². The lowest BCUT2D eigenvalue weighted by atomic mass is 9.86. The largest absolute Gasteiger partial charge is 0.573 e. The highest BCUT2D eigenvalue weighted by Gasteiger charge is 2.31. The predicted molar refractivity (Wildman–Crippen MR) is 153 cm³/mol. The van der Waals surface area contributed by atoms with Crippen molar-refractivity contribution < 1.29 is 31.1 Å². The van der Waals surface area contributed by atoms with Gasteiger partial charge in [0.05, 0.1) is 10.6 Å². The Balaban J connectivity index is 1.21. The highest BCUT2D eigenvalue weighted by molar-refractivity contribution is 7.91. The van der Waals surface area contributed by atoms with Crippen LogP contribution in [-0.2, 0) is 16.4 Å². The zero-order valence-electron chi connectivity index (χ0n) is 23.0. The Morgan fingerprint density at radius 3 is 2.29 bits per heavy atom. The van der Waals surface area contributed by atoms with Gasteiger partial charge in [-0.15, -0.1) is 13.2 Å². The summed E-state index contributed by atoms with van der Waals surface area (Å²) in [5.41, 5.74) is 3.43. The van der Waals surface area contributed by atoms with E-state index in [9.17, 15) is 21.6 Å². The second-order valence-electron chi connectivity index (χ2n) is 11.1. The van der Waals surface area contributed by atoms with Gasteiger partial charge in [-0.2, -0.15) is 0 Å². The number of nitrogens with one attached hydrogen (secondary N) is 1. The van der Waals surface area contributed by atoms with E-state index in [1.807, 2.05) is 24.3 Å². The van der Waals surface area contributed by atoms with Gasteiger partial charge in [-0.05, 0) is 97.2 Å². The molecule has 2 aliphatic rings. The van der Waals surface area contributed by atoms with Gasteiger partial charge < -0.3 is 14.8 Å². The topological polar surface area (TPSA) is 64.6 Å². The van der Waals surface area contributed by atoms with Gasteiger partial charge in [0.1, 0.15) is 18.1 Å². The van der Waals surface area contributed by atoms with E-state index in [-0.39, 0.29) is 18.1 Å². The van der Waals surface area contributed by atoms with E-state index in [0.717, 1.165) is 36.2 Å². The number of alkyl halides is 3. The summed E-state index contributed by atoms with van der Waals surface area (Å²) in [5.74, 6) is 1.61. The molecule has 0 unspecified atom stereocenters. The molecule has 0 atom stereocenters. The molecule has 220 valence electrons. The van der Waals surface area contributed by atoms with Crippen LogP contribution in [0.4, 0.5) is 24.5 Å². The molecule has 0 spiro atoms. The van der Waals surface area contributed by atoms with Crippen LogP contribution in [0.5, 0.6) is 11.5 Å². The van der Waals surface area contributed by atoms with E-state index < -0.39 is 16.2 Å². The standard InChI is InChI=1S/C32H36F3NO4S/c33-32(34,35)40-27-15-11-24(12-16-27)22-39-28-17-18-31(30(21-28)25-13-14-25)36-26-9-4-10-29(20-26)41(37,38)19-5-8-23-6-2-1-3-7-23/h4,9-12,15-18,20-21,23,25,36H,1-3,5-8,13-14,19,22H2. The maximum absolute atomic E-state index is 13.1. The molecular weight excluding hydrogens is 551 g/mol. The van der Waals surface area contributed by atoms with Crippen molar-refractivity contribution >= 4 is 21.2 Å². The van der Waals surface area contributed by atoms with Crippen molar-refractivity contribution in [2.45, 2.75) is 81.6 Å². The Kier molecular flexibility index (Phi) is 9.12. The van der Waals surface area contributed by atoms with Crippen LogP contribution in [-0.4, -0.2) is 20.5 Å². The van der Waals surface area contributed by atoms with Gasteiger partial charge in [-0.3, -0.25) is 0 Å². The normalized spacial score (nSPS) is 16.4. The lowest BCUT2D eigenvalue weighted by molar-refractivity contribution is -0.274. The summed E-state index contributed by atoms with van der Waals surface area (Å²) in [7, 11) is -3.37. The Morgan fingerprint density at radius 2 is 1.59 bits per heavy atom. The van der Waals surface area contributed by atoms with Crippen molar-refractivity contribution in [3.8, 4) is 11.5 Å². The maximum atomic E-state index is 13.1. The Labute approximate surface area is 240 Å². The van der Waals surface area contributed by atoms with Crippen LogP contribution < -0.4 is 14.8 Å². The third kappa shape index (κ3) is 8.64. The number of rotatable bonds is 12. The van der Waals surface area contributed by atoms with E-state index in [2.05, 4.69) is 10.1 Å². The molecule has 2 saturated carbocycles. The minimum atomic E-state index is -4.73. The van der Waals surface area contributed by atoms with E-state index in [1.165, 1.54) is 56.4 Å². The fraction of sp³-hybridized carbons (Fsp3) is 0.438. The van der Waals surface area contributed by atoms with Crippen LogP contribution >= 0.6 is 0 Å². The first kappa shape index (κ1) is 29.3. The number of halogens is 3. The summed E-state index contributed by atoms with van der Waals surface area (Å²) in [4.78, 5) is 0.339. The average Bonchev–Trinajstić information content (AvgIpc) is 3.79.